The molecule has 0 saturated heterocycles. The van der Waals surface area contributed by atoms with Gasteiger partial charge in [0.1, 0.15) is 0 Å². The first-order valence-electron chi connectivity index (χ1n) is 8.56. The summed E-state index contributed by atoms with van der Waals surface area (Å²) in [5, 5.41) is 4.36. The molecule has 5 heteroatoms. The lowest BCUT2D eigenvalue weighted by molar-refractivity contribution is -0.125. The number of H-pyrrole nitrogens is 1. The highest BCUT2D eigenvalue weighted by molar-refractivity contribution is 5.81. The first kappa shape index (κ1) is 15.0. The minimum Gasteiger partial charge on any atom is -0.354 e. The third-order valence-electron chi connectivity index (χ3n) is 5.01. The van der Waals surface area contributed by atoms with Crippen LogP contribution in [0.3, 0.4) is 0 Å². The van der Waals surface area contributed by atoms with Crippen molar-refractivity contribution in [2.45, 2.75) is 32.7 Å². The summed E-state index contributed by atoms with van der Waals surface area (Å²) in [5.74, 6) is 0.213. The molecular formula is C19H22N4O. The number of hydrogen-bond donors (Lipinski definition) is 2. The Morgan fingerprint density at radius 2 is 2.29 bits per heavy atom. The van der Waals surface area contributed by atoms with E-state index in [0.29, 0.717) is 6.54 Å². The van der Waals surface area contributed by atoms with Crippen molar-refractivity contribution in [1.82, 2.24) is 19.9 Å². The molecule has 1 aliphatic rings. The molecule has 124 valence electrons. The molecule has 0 bridgehead atoms. The van der Waals surface area contributed by atoms with E-state index in [9.17, 15) is 4.79 Å². The van der Waals surface area contributed by atoms with E-state index in [2.05, 4.69) is 57.1 Å². The molecule has 24 heavy (non-hydrogen) atoms. The average Bonchev–Trinajstić information content (AvgIpc) is 3.18. The highest BCUT2D eigenvalue weighted by Gasteiger charge is 2.25. The molecule has 1 unspecified atom stereocenters. The zero-order valence-corrected chi connectivity index (χ0v) is 13.9. The van der Waals surface area contributed by atoms with Gasteiger partial charge in [-0.1, -0.05) is 18.2 Å². The number of carbonyl (C=O) groups is 1. The zero-order valence-electron chi connectivity index (χ0n) is 13.9. The quantitative estimate of drug-likeness (QED) is 0.775. The number of carbonyl (C=O) groups excluding carboxylic acids is 1. The highest BCUT2D eigenvalue weighted by Crippen LogP contribution is 2.23. The van der Waals surface area contributed by atoms with Crippen molar-refractivity contribution >= 4 is 16.8 Å². The van der Waals surface area contributed by atoms with Gasteiger partial charge >= 0.3 is 0 Å². The molecule has 2 N–H and O–H groups in total. The van der Waals surface area contributed by atoms with Crippen LogP contribution in [0.15, 0.2) is 36.7 Å². The molecule has 0 fully saturated rings. The Morgan fingerprint density at radius 1 is 1.42 bits per heavy atom. The Kier molecular flexibility index (Phi) is 3.84. The van der Waals surface area contributed by atoms with Crippen LogP contribution in [-0.4, -0.2) is 27.0 Å². The number of para-hydroxylation sites is 1. The SMILES string of the molecule is Cc1cc2ccccc2n1CCNC(=O)C1CCc2nc[nH]c2C1. The van der Waals surface area contributed by atoms with E-state index in [4.69, 9.17) is 0 Å². The van der Waals surface area contributed by atoms with Crippen LogP contribution in [0.4, 0.5) is 0 Å². The summed E-state index contributed by atoms with van der Waals surface area (Å²) >= 11 is 0. The lowest BCUT2D eigenvalue weighted by atomic mass is 9.89. The second kappa shape index (κ2) is 6.15. The maximum Gasteiger partial charge on any atom is 0.223 e. The molecule has 2 heterocycles. The van der Waals surface area contributed by atoms with Crippen LogP contribution in [-0.2, 0) is 24.2 Å². The Hall–Kier alpha value is -2.56. The standard InChI is InChI=1S/C19H22N4O/c1-13-10-14-4-2-3-5-18(14)23(13)9-8-20-19(24)15-6-7-16-17(11-15)22-12-21-16/h2-5,10,12,15H,6-9,11H2,1H3,(H,20,24)(H,21,22). The van der Waals surface area contributed by atoms with E-state index in [1.54, 1.807) is 6.33 Å². The van der Waals surface area contributed by atoms with Crippen LogP contribution in [0.25, 0.3) is 10.9 Å². The Balaban J connectivity index is 1.37. The lowest BCUT2D eigenvalue weighted by Crippen LogP contribution is -2.36. The largest absolute Gasteiger partial charge is 0.354 e. The molecule has 1 atom stereocenters. The molecule has 0 aliphatic heterocycles. The number of aromatic nitrogens is 3. The van der Waals surface area contributed by atoms with Crippen LogP contribution in [0.5, 0.6) is 0 Å². The minimum atomic E-state index is 0.0560. The second-order valence-electron chi connectivity index (χ2n) is 6.55. The van der Waals surface area contributed by atoms with E-state index in [0.717, 1.165) is 37.2 Å². The third kappa shape index (κ3) is 2.70. The second-order valence-corrected chi connectivity index (χ2v) is 6.55. The molecule has 3 aromatic rings. The Bertz CT molecular complexity index is 877. The number of rotatable bonds is 4. The van der Waals surface area contributed by atoms with Gasteiger partial charge in [0.15, 0.2) is 0 Å². The molecule has 1 aliphatic carbocycles. The van der Waals surface area contributed by atoms with Crippen molar-refractivity contribution in [3.63, 3.8) is 0 Å². The minimum absolute atomic E-state index is 0.0560. The summed E-state index contributed by atoms with van der Waals surface area (Å²) in [6.45, 7) is 3.57. The van der Waals surface area contributed by atoms with Gasteiger partial charge in [0, 0.05) is 42.3 Å². The maximum atomic E-state index is 12.5. The van der Waals surface area contributed by atoms with Gasteiger partial charge in [-0.25, -0.2) is 4.98 Å². The van der Waals surface area contributed by atoms with Crippen LogP contribution >= 0.6 is 0 Å². The molecule has 1 amide bonds. The fraction of sp³-hybridized carbons (Fsp3) is 0.368. The van der Waals surface area contributed by atoms with E-state index in [-0.39, 0.29) is 11.8 Å². The van der Waals surface area contributed by atoms with Gasteiger partial charge in [-0.05, 0) is 37.3 Å². The average molecular weight is 322 g/mol. The van der Waals surface area contributed by atoms with Crippen LogP contribution in [0.2, 0.25) is 0 Å². The van der Waals surface area contributed by atoms with Crippen LogP contribution in [0, 0.1) is 12.8 Å². The van der Waals surface area contributed by atoms with Gasteiger partial charge in [0.2, 0.25) is 5.91 Å². The first-order chi connectivity index (χ1) is 11.7. The summed E-state index contributed by atoms with van der Waals surface area (Å²) in [7, 11) is 0. The molecule has 0 radical (unpaired) electrons. The number of fused-ring (bicyclic) bond motifs is 2. The number of nitrogens with one attached hydrogen (secondary N) is 2. The number of amides is 1. The third-order valence-corrected chi connectivity index (χ3v) is 5.01. The van der Waals surface area contributed by atoms with Gasteiger partial charge in [-0.2, -0.15) is 0 Å². The maximum absolute atomic E-state index is 12.5. The van der Waals surface area contributed by atoms with Crippen molar-refractivity contribution in [2.75, 3.05) is 6.54 Å². The molecular weight excluding hydrogens is 300 g/mol. The normalized spacial score (nSPS) is 17.0. The number of aryl methyl sites for hydroxylation is 2. The summed E-state index contributed by atoms with van der Waals surface area (Å²) < 4.78 is 2.27. The first-order valence-corrected chi connectivity index (χ1v) is 8.56. The molecule has 0 spiro atoms. The fourth-order valence-corrected chi connectivity index (χ4v) is 3.71. The molecule has 4 rings (SSSR count). The molecule has 0 saturated carbocycles. The molecule has 2 aromatic heterocycles. The fourth-order valence-electron chi connectivity index (χ4n) is 3.71. The number of aromatic amines is 1. The van der Waals surface area contributed by atoms with E-state index < -0.39 is 0 Å². The number of benzene rings is 1. The number of hydrogen-bond acceptors (Lipinski definition) is 2. The van der Waals surface area contributed by atoms with Gasteiger partial charge in [0.25, 0.3) is 0 Å². The van der Waals surface area contributed by atoms with Gasteiger partial charge < -0.3 is 14.9 Å². The predicted octanol–water partition coefficient (Wildman–Crippen LogP) is 2.59. The van der Waals surface area contributed by atoms with Crippen molar-refractivity contribution in [1.29, 1.82) is 0 Å². The van der Waals surface area contributed by atoms with Crippen molar-refractivity contribution in [3.05, 3.63) is 53.7 Å². The smallest absolute Gasteiger partial charge is 0.223 e. The summed E-state index contributed by atoms with van der Waals surface area (Å²) in [6, 6.07) is 10.6. The van der Waals surface area contributed by atoms with Crippen molar-refractivity contribution < 1.29 is 4.79 Å². The molecule has 1 aromatic carbocycles. The Labute approximate surface area is 141 Å². The topological polar surface area (TPSA) is 62.7 Å². The van der Waals surface area contributed by atoms with E-state index >= 15 is 0 Å². The summed E-state index contributed by atoms with van der Waals surface area (Å²) in [5.41, 5.74) is 4.69. The Morgan fingerprint density at radius 3 is 3.21 bits per heavy atom. The van der Waals surface area contributed by atoms with Gasteiger partial charge in [-0.3, -0.25) is 4.79 Å². The van der Waals surface area contributed by atoms with E-state index in [1.165, 1.54) is 16.6 Å². The summed E-state index contributed by atoms with van der Waals surface area (Å²) in [4.78, 5) is 19.9. The zero-order chi connectivity index (χ0) is 16.5. The van der Waals surface area contributed by atoms with Crippen LogP contribution < -0.4 is 5.32 Å². The van der Waals surface area contributed by atoms with Gasteiger partial charge in [-0.15, -0.1) is 0 Å². The van der Waals surface area contributed by atoms with Gasteiger partial charge in [0.05, 0.1) is 12.0 Å². The van der Waals surface area contributed by atoms with E-state index in [1.807, 2.05) is 0 Å². The molecule has 5 nitrogen and oxygen atoms in total. The lowest BCUT2D eigenvalue weighted by Gasteiger charge is -2.21. The monoisotopic (exact) mass is 322 g/mol. The number of imidazole rings is 1. The van der Waals surface area contributed by atoms with Crippen molar-refractivity contribution in [2.24, 2.45) is 5.92 Å². The predicted molar refractivity (Wildman–Crippen MR) is 93.8 cm³/mol. The summed E-state index contributed by atoms with van der Waals surface area (Å²) in [6.07, 6.45) is 4.27. The van der Waals surface area contributed by atoms with Crippen LogP contribution in [0.1, 0.15) is 23.5 Å². The van der Waals surface area contributed by atoms with Crippen molar-refractivity contribution in [3.8, 4) is 0 Å². The highest BCUT2D eigenvalue weighted by atomic mass is 16.1. The number of nitrogens with zero attached hydrogens (tertiary/aromatic N) is 2.